The van der Waals surface area contributed by atoms with Gasteiger partial charge in [-0.05, 0) is 37.1 Å². The first-order valence-electron chi connectivity index (χ1n) is 8.14. The Balaban J connectivity index is 2.94. The predicted molar refractivity (Wildman–Crippen MR) is 96.8 cm³/mol. The zero-order chi connectivity index (χ0) is 17.7. The molecule has 0 radical (unpaired) electrons. The van der Waals surface area contributed by atoms with E-state index in [1.807, 2.05) is 24.3 Å². The predicted octanol–water partition coefficient (Wildman–Crippen LogP) is 4.51. The zero-order valence-electron chi connectivity index (χ0n) is 15.4. The van der Waals surface area contributed by atoms with Crippen LogP contribution in [0.5, 0.6) is 23.0 Å². The number of methoxy groups -OCH3 is 4. The molecule has 0 saturated carbocycles. The van der Waals surface area contributed by atoms with Crippen LogP contribution in [0.25, 0.3) is 11.1 Å². The topological polar surface area (TPSA) is 36.9 Å². The fourth-order valence-electron chi connectivity index (χ4n) is 3.19. The highest BCUT2D eigenvalue weighted by Gasteiger charge is 2.23. The van der Waals surface area contributed by atoms with Crippen LogP contribution in [-0.2, 0) is 12.8 Å². The molecule has 4 nitrogen and oxygen atoms in total. The maximum Gasteiger partial charge on any atom is 0.127 e. The summed E-state index contributed by atoms with van der Waals surface area (Å²) in [6, 6.07) is 7.76. The summed E-state index contributed by atoms with van der Waals surface area (Å²) in [5.41, 5.74) is 4.20. The second kappa shape index (κ2) is 7.95. The maximum absolute atomic E-state index is 5.66. The molecular formula is C20H26O4. The van der Waals surface area contributed by atoms with E-state index in [2.05, 4.69) is 13.8 Å². The van der Waals surface area contributed by atoms with E-state index in [0.29, 0.717) is 0 Å². The van der Waals surface area contributed by atoms with Crippen molar-refractivity contribution in [1.82, 2.24) is 0 Å². The van der Waals surface area contributed by atoms with Crippen LogP contribution in [-0.4, -0.2) is 28.4 Å². The number of benzene rings is 2. The molecular weight excluding hydrogens is 304 g/mol. The third-order valence-corrected chi connectivity index (χ3v) is 4.30. The number of rotatable bonds is 7. The van der Waals surface area contributed by atoms with E-state index in [4.69, 9.17) is 18.9 Å². The van der Waals surface area contributed by atoms with E-state index in [9.17, 15) is 0 Å². The molecule has 4 heteroatoms. The first kappa shape index (κ1) is 18.0. The van der Waals surface area contributed by atoms with Crippen LogP contribution in [0.4, 0.5) is 0 Å². The van der Waals surface area contributed by atoms with Gasteiger partial charge in [0.15, 0.2) is 0 Å². The van der Waals surface area contributed by atoms with Crippen molar-refractivity contribution >= 4 is 0 Å². The Labute approximate surface area is 144 Å². The molecule has 0 amide bonds. The minimum Gasteiger partial charge on any atom is -0.496 e. The molecule has 0 aliphatic carbocycles. The van der Waals surface area contributed by atoms with E-state index in [-0.39, 0.29) is 0 Å². The highest BCUT2D eigenvalue weighted by molar-refractivity contribution is 5.84. The molecule has 2 aromatic carbocycles. The minimum atomic E-state index is 0.800. The van der Waals surface area contributed by atoms with Gasteiger partial charge in [-0.2, -0.15) is 0 Å². The smallest absolute Gasteiger partial charge is 0.127 e. The summed E-state index contributed by atoms with van der Waals surface area (Å²) in [6.07, 6.45) is 1.64. The summed E-state index contributed by atoms with van der Waals surface area (Å²) in [4.78, 5) is 0. The van der Waals surface area contributed by atoms with Crippen molar-refractivity contribution in [2.24, 2.45) is 0 Å². The molecule has 0 aliphatic rings. The normalized spacial score (nSPS) is 10.4. The van der Waals surface area contributed by atoms with Gasteiger partial charge in [0, 0.05) is 22.3 Å². The molecule has 0 fully saturated rings. The van der Waals surface area contributed by atoms with Gasteiger partial charge in [-0.1, -0.05) is 13.8 Å². The second-order valence-corrected chi connectivity index (χ2v) is 5.35. The monoisotopic (exact) mass is 330 g/mol. The fraction of sp³-hybridized carbons (Fsp3) is 0.400. The Hall–Kier alpha value is -2.36. The average molecular weight is 330 g/mol. The van der Waals surface area contributed by atoms with E-state index in [1.54, 1.807) is 28.4 Å². The van der Waals surface area contributed by atoms with Crippen molar-refractivity contribution in [3.05, 3.63) is 35.4 Å². The third kappa shape index (κ3) is 3.01. The van der Waals surface area contributed by atoms with Crippen LogP contribution in [0.2, 0.25) is 0 Å². The molecule has 0 spiro atoms. The number of ether oxygens (including phenoxy) is 4. The standard InChI is InChI=1S/C20H26O4/c1-7-13-15(21-3)9-11-17(23-5)19(13)20-14(8-2)16(22-4)10-12-18(20)24-6/h9-12H,7-8H2,1-6H3. The molecule has 2 rings (SSSR count). The van der Waals surface area contributed by atoms with E-state index < -0.39 is 0 Å². The van der Waals surface area contributed by atoms with Crippen molar-refractivity contribution in [1.29, 1.82) is 0 Å². The molecule has 0 aromatic heterocycles. The quantitative estimate of drug-likeness (QED) is 0.748. The molecule has 24 heavy (non-hydrogen) atoms. The molecule has 0 bridgehead atoms. The van der Waals surface area contributed by atoms with Gasteiger partial charge in [-0.3, -0.25) is 0 Å². The maximum atomic E-state index is 5.66. The molecule has 0 saturated heterocycles. The summed E-state index contributed by atoms with van der Waals surface area (Å²) in [6.45, 7) is 4.22. The van der Waals surface area contributed by atoms with E-state index >= 15 is 0 Å². The van der Waals surface area contributed by atoms with Gasteiger partial charge in [-0.25, -0.2) is 0 Å². The highest BCUT2D eigenvalue weighted by Crippen LogP contribution is 2.47. The van der Waals surface area contributed by atoms with E-state index in [0.717, 1.165) is 58.1 Å². The SMILES string of the molecule is CCc1c(OC)ccc(OC)c1-c1c(OC)ccc(OC)c1CC. The van der Waals surface area contributed by atoms with Crippen molar-refractivity contribution in [3.63, 3.8) is 0 Å². The van der Waals surface area contributed by atoms with Gasteiger partial charge in [0.25, 0.3) is 0 Å². The summed E-state index contributed by atoms with van der Waals surface area (Å²) in [7, 11) is 6.74. The van der Waals surface area contributed by atoms with Crippen LogP contribution in [0, 0.1) is 0 Å². The van der Waals surface area contributed by atoms with Gasteiger partial charge >= 0.3 is 0 Å². The fourth-order valence-corrected chi connectivity index (χ4v) is 3.19. The lowest BCUT2D eigenvalue weighted by Gasteiger charge is -2.22. The highest BCUT2D eigenvalue weighted by atomic mass is 16.5. The van der Waals surface area contributed by atoms with Gasteiger partial charge in [-0.15, -0.1) is 0 Å². The molecule has 0 atom stereocenters. The lowest BCUT2D eigenvalue weighted by atomic mass is 9.90. The lowest BCUT2D eigenvalue weighted by Crippen LogP contribution is -2.03. The summed E-state index contributed by atoms with van der Waals surface area (Å²) in [5, 5.41) is 0. The van der Waals surface area contributed by atoms with Crippen molar-refractivity contribution in [2.75, 3.05) is 28.4 Å². The van der Waals surface area contributed by atoms with Gasteiger partial charge in [0.1, 0.15) is 23.0 Å². The van der Waals surface area contributed by atoms with Gasteiger partial charge < -0.3 is 18.9 Å². The Morgan fingerprint density at radius 3 is 1.08 bits per heavy atom. The summed E-state index contributed by atoms with van der Waals surface area (Å²) < 4.78 is 22.5. The summed E-state index contributed by atoms with van der Waals surface area (Å²) in [5.74, 6) is 3.29. The van der Waals surface area contributed by atoms with Gasteiger partial charge in [0.05, 0.1) is 28.4 Å². The molecule has 0 N–H and O–H groups in total. The number of hydrogen-bond donors (Lipinski definition) is 0. The lowest BCUT2D eigenvalue weighted by molar-refractivity contribution is 0.395. The van der Waals surface area contributed by atoms with Crippen molar-refractivity contribution in [2.45, 2.75) is 26.7 Å². The largest absolute Gasteiger partial charge is 0.496 e. The van der Waals surface area contributed by atoms with Crippen LogP contribution < -0.4 is 18.9 Å². The Bertz CT molecular complexity index is 646. The first-order valence-corrected chi connectivity index (χ1v) is 8.14. The van der Waals surface area contributed by atoms with Crippen LogP contribution in [0.3, 0.4) is 0 Å². The van der Waals surface area contributed by atoms with Crippen LogP contribution >= 0.6 is 0 Å². The number of hydrogen-bond acceptors (Lipinski definition) is 4. The summed E-state index contributed by atoms with van der Waals surface area (Å²) >= 11 is 0. The Morgan fingerprint density at radius 2 is 0.833 bits per heavy atom. The van der Waals surface area contributed by atoms with Crippen molar-refractivity contribution < 1.29 is 18.9 Å². The minimum absolute atomic E-state index is 0.800. The van der Waals surface area contributed by atoms with Crippen LogP contribution in [0.1, 0.15) is 25.0 Å². The Kier molecular flexibility index (Phi) is 5.96. The molecule has 0 heterocycles. The Morgan fingerprint density at radius 1 is 0.542 bits per heavy atom. The second-order valence-electron chi connectivity index (χ2n) is 5.35. The molecule has 0 unspecified atom stereocenters. The van der Waals surface area contributed by atoms with Crippen molar-refractivity contribution in [3.8, 4) is 34.1 Å². The molecule has 130 valence electrons. The van der Waals surface area contributed by atoms with Crippen LogP contribution in [0.15, 0.2) is 24.3 Å². The molecule has 2 aromatic rings. The third-order valence-electron chi connectivity index (χ3n) is 4.30. The zero-order valence-corrected chi connectivity index (χ0v) is 15.4. The van der Waals surface area contributed by atoms with E-state index in [1.165, 1.54) is 0 Å². The molecule has 0 aliphatic heterocycles. The average Bonchev–Trinajstić information content (AvgIpc) is 2.64. The van der Waals surface area contributed by atoms with Gasteiger partial charge in [0.2, 0.25) is 0 Å². The first-order chi connectivity index (χ1) is 11.7.